The van der Waals surface area contributed by atoms with Crippen molar-refractivity contribution in [1.29, 1.82) is 0 Å². The molecule has 0 radical (unpaired) electrons. The minimum Gasteiger partial charge on any atom is -0.494 e. The monoisotopic (exact) mass is 560 g/mol. The maximum atomic E-state index is 13.3. The van der Waals surface area contributed by atoms with Gasteiger partial charge in [-0.25, -0.2) is 8.42 Å². The number of benzene rings is 3. The molecule has 5 rings (SSSR count). The Labute approximate surface area is 236 Å². The zero-order valence-electron chi connectivity index (χ0n) is 23.1. The highest BCUT2D eigenvalue weighted by Crippen LogP contribution is 2.32. The van der Waals surface area contributed by atoms with E-state index in [1.807, 2.05) is 67.6 Å². The Balaban J connectivity index is 1.31. The van der Waals surface area contributed by atoms with Crippen molar-refractivity contribution < 1.29 is 22.7 Å². The lowest BCUT2D eigenvalue weighted by atomic mass is 10.0. The van der Waals surface area contributed by atoms with Gasteiger partial charge in [-0.15, -0.1) is 0 Å². The molecule has 0 saturated carbocycles. The van der Waals surface area contributed by atoms with Gasteiger partial charge in [0, 0.05) is 37.1 Å². The first-order valence-electron chi connectivity index (χ1n) is 13.8. The molecule has 1 saturated heterocycles. The van der Waals surface area contributed by atoms with Gasteiger partial charge < -0.3 is 14.8 Å². The highest BCUT2D eigenvalue weighted by atomic mass is 32.2. The molecular weight excluding hydrogens is 524 g/mol. The molecule has 0 aliphatic carbocycles. The predicted octanol–water partition coefficient (Wildman–Crippen LogP) is 5.56. The van der Waals surface area contributed by atoms with Crippen LogP contribution in [0.3, 0.4) is 0 Å². The number of anilines is 1. The largest absolute Gasteiger partial charge is 0.494 e. The number of carbonyl (C=O) groups is 1. The molecule has 0 spiro atoms. The van der Waals surface area contributed by atoms with Crippen molar-refractivity contribution in [2.24, 2.45) is 0 Å². The van der Waals surface area contributed by atoms with Crippen molar-refractivity contribution in [3.63, 3.8) is 0 Å². The van der Waals surface area contributed by atoms with Gasteiger partial charge >= 0.3 is 0 Å². The summed E-state index contributed by atoms with van der Waals surface area (Å²) in [7, 11) is -1.39. The van der Waals surface area contributed by atoms with Gasteiger partial charge in [-0.3, -0.25) is 9.69 Å². The lowest BCUT2D eigenvalue weighted by Crippen LogP contribution is -2.36. The van der Waals surface area contributed by atoms with E-state index in [0.717, 1.165) is 49.5 Å². The fraction of sp³-hybridized carbons (Fsp3) is 0.344. The van der Waals surface area contributed by atoms with Crippen LogP contribution in [-0.2, 0) is 25.9 Å². The Kier molecular flexibility index (Phi) is 8.69. The summed E-state index contributed by atoms with van der Waals surface area (Å²) in [6.45, 7) is 4.97. The SMILES string of the molecule is CCOc1ccc(-c2ccc3c(c2)C=C(C(=O)Nc2ccc(CN(C)C4CCOCC4)cc2)CCS3(=O)=O)cc1. The van der Waals surface area contributed by atoms with Gasteiger partial charge in [0.1, 0.15) is 5.75 Å². The molecule has 40 heavy (non-hydrogen) atoms. The van der Waals surface area contributed by atoms with E-state index in [-0.39, 0.29) is 23.0 Å². The third-order valence-electron chi connectivity index (χ3n) is 7.56. The first-order chi connectivity index (χ1) is 19.3. The minimum atomic E-state index is -3.52. The summed E-state index contributed by atoms with van der Waals surface area (Å²) in [5.41, 5.74) is 4.63. The third-order valence-corrected chi connectivity index (χ3v) is 9.35. The molecule has 3 aromatic rings. The van der Waals surface area contributed by atoms with Crippen molar-refractivity contribution in [3.05, 3.63) is 83.4 Å². The molecule has 1 fully saturated rings. The van der Waals surface area contributed by atoms with Gasteiger partial charge in [-0.2, -0.15) is 0 Å². The summed E-state index contributed by atoms with van der Waals surface area (Å²) in [4.78, 5) is 15.9. The quantitative estimate of drug-likeness (QED) is 0.388. The van der Waals surface area contributed by atoms with E-state index < -0.39 is 9.84 Å². The molecule has 0 unspecified atom stereocenters. The van der Waals surface area contributed by atoms with Crippen LogP contribution >= 0.6 is 0 Å². The van der Waals surface area contributed by atoms with Crippen molar-refractivity contribution in [3.8, 4) is 16.9 Å². The summed E-state index contributed by atoms with van der Waals surface area (Å²) in [6, 6.07) is 21.3. The van der Waals surface area contributed by atoms with Crippen LogP contribution in [0.4, 0.5) is 5.69 Å². The normalized spacial score (nSPS) is 17.0. The molecule has 1 amide bonds. The number of carbonyl (C=O) groups excluding carboxylic acids is 1. The van der Waals surface area contributed by atoms with Crippen molar-refractivity contribution in [2.45, 2.75) is 43.7 Å². The lowest BCUT2D eigenvalue weighted by Gasteiger charge is -2.31. The molecule has 210 valence electrons. The Morgan fingerprint density at radius 3 is 2.40 bits per heavy atom. The van der Waals surface area contributed by atoms with Crippen LogP contribution in [0, 0.1) is 0 Å². The molecule has 7 nitrogen and oxygen atoms in total. The first kappa shape index (κ1) is 28.1. The van der Waals surface area contributed by atoms with E-state index in [1.54, 1.807) is 12.1 Å². The summed E-state index contributed by atoms with van der Waals surface area (Å²) < 4.78 is 37.1. The number of nitrogens with one attached hydrogen (secondary N) is 1. The number of rotatable bonds is 8. The van der Waals surface area contributed by atoms with E-state index in [2.05, 4.69) is 17.3 Å². The molecule has 0 aromatic heterocycles. The van der Waals surface area contributed by atoms with Crippen LogP contribution in [0.15, 0.2) is 77.2 Å². The molecule has 2 aliphatic rings. The molecule has 1 N–H and O–H groups in total. The number of ether oxygens (including phenoxy) is 2. The summed E-state index contributed by atoms with van der Waals surface area (Å²) in [6.07, 6.45) is 3.94. The Morgan fingerprint density at radius 2 is 1.70 bits per heavy atom. The van der Waals surface area contributed by atoms with Gasteiger partial charge in [0.25, 0.3) is 5.91 Å². The Hall–Kier alpha value is -3.46. The third kappa shape index (κ3) is 6.63. The second-order valence-corrected chi connectivity index (χ2v) is 12.4. The van der Waals surface area contributed by atoms with Crippen LogP contribution in [0.5, 0.6) is 5.75 Å². The standard InChI is InChI=1S/C32H36N2O5S/c1-3-39-30-11-6-24(7-12-30)25-8-13-31-27(20-25)21-26(16-19-40(31,36)37)32(35)33-28-9-4-23(5-10-28)22-34(2)29-14-17-38-18-15-29/h4-13,20-21,29H,3,14-19,22H2,1-2H3,(H,33,35). The summed E-state index contributed by atoms with van der Waals surface area (Å²) >= 11 is 0. The fourth-order valence-electron chi connectivity index (χ4n) is 5.28. The second kappa shape index (κ2) is 12.4. The molecule has 8 heteroatoms. The number of fused-ring (bicyclic) bond motifs is 1. The van der Waals surface area contributed by atoms with E-state index >= 15 is 0 Å². The average molecular weight is 561 g/mol. The molecule has 2 heterocycles. The number of hydrogen-bond acceptors (Lipinski definition) is 6. The number of amides is 1. The maximum Gasteiger partial charge on any atom is 0.251 e. The molecule has 3 aromatic carbocycles. The summed E-state index contributed by atoms with van der Waals surface area (Å²) in [5.74, 6) is 0.377. The van der Waals surface area contributed by atoms with Crippen LogP contribution in [0.25, 0.3) is 17.2 Å². The zero-order valence-corrected chi connectivity index (χ0v) is 23.9. The van der Waals surface area contributed by atoms with Crippen molar-refractivity contribution in [2.75, 3.05) is 37.9 Å². The number of sulfone groups is 1. The van der Waals surface area contributed by atoms with E-state index in [4.69, 9.17) is 9.47 Å². The molecule has 2 aliphatic heterocycles. The highest BCUT2D eigenvalue weighted by Gasteiger charge is 2.25. The topological polar surface area (TPSA) is 84.9 Å². The predicted molar refractivity (Wildman–Crippen MR) is 158 cm³/mol. The van der Waals surface area contributed by atoms with Gasteiger partial charge in [-0.1, -0.05) is 30.3 Å². The second-order valence-electron chi connectivity index (χ2n) is 10.4. The Morgan fingerprint density at radius 1 is 1.00 bits per heavy atom. The van der Waals surface area contributed by atoms with Crippen LogP contribution < -0.4 is 10.1 Å². The zero-order chi connectivity index (χ0) is 28.1. The van der Waals surface area contributed by atoms with E-state index in [1.165, 1.54) is 5.56 Å². The maximum absolute atomic E-state index is 13.3. The highest BCUT2D eigenvalue weighted by molar-refractivity contribution is 7.91. The van der Waals surface area contributed by atoms with Gasteiger partial charge in [0.05, 0.1) is 17.3 Å². The Bertz CT molecular complexity index is 1470. The smallest absolute Gasteiger partial charge is 0.251 e. The van der Waals surface area contributed by atoms with Crippen LogP contribution in [0.2, 0.25) is 0 Å². The number of nitrogens with zero attached hydrogens (tertiary/aromatic N) is 1. The average Bonchev–Trinajstić information content (AvgIpc) is 3.10. The molecule has 0 atom stereocenters. The fourth-order valence-corrected chi connectivity index (χ4v) is 6.74. The first-order valence-corrected chi connectivity index (χ1v) is 15.5. The molecule has 0 bridgehead atoms. The number of hydrogen-bond donors (Lipinski definition) is 1. The van der Waals surface area contributed by atoms with Crippen LogP contribution in [0.1, 0.15) is 37.3 Å². The van der Waals surface area contributed by atoms with Crippen molar-refractivity contribution in [1.82, 2.24) is 4.90 Å². The van der Waals surface area contributed by atoms with E-state index in [0.29, 0.717) is 29.5 Å². The minimum absolute atomic E-state index is 0.112. The van der Waals surface area contributed by atoms with E-state index in [9.17, 15) is 13.2 Å². The summed E-state index contributed by atoms with van der Waals surface area (Å²) in [5, 5.41) is 2.96. The van der Waals surface area contributed by atoms with Crippen molar-refractivity contribution >= 4 is 27.5 Å². The van der Waals surface area contributed by atoms with Gasteiger partial charge in [0.15, 0.2) is 9.84 Å². The van der Waals surface area contributed by atoms with Crippen LogP contribution in [-0.4, -0.2) is 57.9 Å². The lowest BCUT2D eigenvalue weighted by molar-refractivity contribution is -0.112. The van der Waals surface area contributed by atoms with Gasteiger partial charge in [0.2, 0.25) is 0 Å². The van der Waals surface area contributed by atoms with Gasteiger partial charge in [-0.05, 0) is 98.0 Å². The molecular formula is C32H36N2O5S.